The molecule has 1 aliphatic heterocycles. The Kier molecular flexibility index (Phi) is 7.54. The van der Waals surface area contributed by atoms with Gasteiger partial charge in [-0.05, 0) is 36.6 Å². The molecule has 0 unspecified atom stereocenters. The van der Waals surface area contributed by atoms with E-state index in [9.17, 15) is 19.2 Å². The highest BCUT2D eigenvalue weighted by Crippen LogP contribution is 2.24. The average molecular weight is 389 g/mol. The molecular weight excluding hydrogens is 362 g/mol. The number of ether oxygens (including phenoxy) is 1. The van der Waals surface area contributed by atoms with Crippen LogP contribution in [0.4, 0.5) is 10.5 Å². The number of hydrogen-bond acceptors (Lipinski definition) is 5. The zero-order chi connectivity index (χ0) is 20.7. The number of rotatable bonds is 10. The van der Waals surface area contributed by atoms with E-state index in [-0.39, 0.29) is 5.69 Å². The summed E-state index contributed by atoms with van der Waals surface area (Å²) in [6.45, 7) is 4.19. The maximum Gasteiger partial charge on any atom is 0.339 e. The van der Waals surface area contributed by atoms with Crippen molar-refractivity contribution in [2.24, 2.45) is 5.92 Å². The Morgan fingerprint density at radius 3 is 2.36 bits per heavy atom. The second kappa shape index (κ2) is 9.87. The zero-order valence-corrected chi connectivity index (χ0v) is 16.6. The van der Waals surface area contributed by atoms with E-state index in [1.54, 1.807) is 12.1 Å². The lowest BCUT2D eigenvalue weighted by molar-refractivity contribution is -0.140. The molecule has 28 heavy (non-hydrogen) atoms. The minimum absolute atomic E-state index is 0.248. The Bertz CT molecular complexity index is 732. The lowest BCUT2D eigenvalue weighted by Crippen LogP contribution is -2.42. The number of nitrogens with one attached hydrogen (secondary N) is 1. The van der Waals surface area contributed by atoms with Gasteiger partial charge in [0.1, 0.15) is 12.3 Å². The van der Waals surface area contributed by atoms with Gasteiger partial charge in [-0.25, -0.2) is 14.6 Å². The quantitative estimate of drug-likeness (QED) is 0.489. The minimum Gasteiger partial charge on any atom is -0.497 e. The Morgan fingerprint density at radius 2 is 1.79 bits per heavy atom. The summed E-state index contributed by atoms with van der Waals surface area (Å²) >= 11 is 0. The van der Waals surface area contributed by atoms with E-state index in [4.69, 9.17) is 4.74 Å². The van der Waals surface area contributed by atoms with Crippen LogP contribution in [-0.4, -0.2) is 48.9 Å². The van der Waals surface area contributed by atoms with Gasteiger partial charge in [0.15, 0.2) is 0 Å². The van der Waals surface area contributed by atoms with Gasteiger partial charge >= 0.3 is 17.8 Å². The molecule has 1 N–H and O–H groups in total. The van der Waals surface area contributed by atoms with Crippen LogP contribution in [0.5, 0.6) is 5.75 Å². The summed E-state index contributed by atoms with van der Waals surface area (Å²) in [6.07, 6.45) is 4.12. The molecule has 2 rings (SSSR count). The first-order chi connectivity index (χ1) is 13.4. The molecule has 1 aliphatic rings. The first-order valence-electron chi connectivity index (χ1n) is 9.53. The lowest BCUT2D eigenvalue weighted by Gasteiger charge is -2.18. The third-order valence-electron chi connectivity index (χ3n) is 4.82. The van der Waals surface area contributed by atoms with Gasteiger partial charge in [-0.2, -0.15) is 0 Å². The number of methoxy groups -OCH3 is 1. The normalized spacial score (nSPS) is 15.2. The highest BCUT2D eigenvalue weighted by molar-refractivity contribution is 6.53. The number of amides is 5. The van der Waals surface area contributed by atoms with Crippen molar-refractivity contribution in [1.29, 1.82) is 0 Å². The van der Waals surface area contributed by atoms with Gasteiger partial charge in [0, 0.05) is 6.54 Å². The van der Waals surface area contributed by atoms with Crippen molar-refractivity contribution in [3.63, 3.8) is 0 Å². The van der Waals surface area contributed by atoms with Crippen molar-refractivity contribution in [3.8, 4) is 5.75 Å². The second-order valence-electron chi connectivity index (χ2n) is 6.73. The standard InChI is InChI=1S/C20H27N3O5/c1-4-6-7-14(5-2)12-21-17(24)13-22-18(25)19(26)23(20(22)27)15-8-10-16(28-3)11-9-15/h8-11,14H,4-7,12-13H2,1-3H3,(H,21,24)/t14-/m0/s1. The molecule has 0 spiro atoms. The van der Waals surface area contributed by atoms with Crippen LogP contribution in [0.3, 0.4) is 0 Å². The highest BCUT2D eigenvalue weighted by Gasteiger charge is 2.46. The number of imide groups is 2. The van der Waals surface area contributed by atoms with Crippen molar-refractivity contribution in [2.75, 3.05) is 25.1 Å². The number of hydrogen-bond donors (Lipinski definition) is 1. The number of nitrogens with zero attached hydrogens (tertiary/aromatic N) is 2. The molecule has 0 aliphatic carbocycles. The number of carbonyl (C=O) groups is 4. The van der Waals surface area contributed by atoms with Crippen LogP contribution in [0.15, 0.2) is 24.3 Å². The zero-order valence-electron chi connectivity index (χ0n) is 16.6. The molecule has 8 nitrogen and oxygen atoms in total. The first-order valence-corrected chi connectivity index (χ1v) is 9.53. The number of benzene rings is 1. The Labute approximate surface area is 164 Å². The van der Waals surface area contributed by atoms with Gasteiger partial charge in [-0.15, -0.1) is 0 Å². The topological polar surface area (TPSA) is 96.0 Å². The van der Waals surface area contributed by atoms with Gasteiger partial charge in [0.2, 0.25) is 5.91 Å². The predicted molar refractivity (Wildman–Crippen MR) is 104 cm³/mol. The monoisotopic (exact) mass is 389 g/mol. The molecule has 0 aromatic heterocycles. The van der Waals surface area contributed by atoms with Gasteiger partial charge in [-0.3, -0.25) is 14.4 Å². The molecule has 1 fully saturated rings. The van der Waals surface area contributed by atoms with E-state index < -0.39 is 30.3 Å². The molecular formula is C20H27N3O5. The van der Waals surface area contributed by atoms with Crippen LogP contribution in [-0.2, 0) is 14.4 Å². The summed E-state index contributed by atoms with van der Waals surface area (Å²) in [4.78, 5) is 50.7. The lowest BCUT2D eigenvalue weighted by atomic mass is 9.99. The Hall–Kier alpha value is -2.90. The third-order valence-corrected chi connectivity index (χ3v) is 4.82. The second-order valence-corrected chi connectivity index (χ2v) is 6.73. The van der Waals surface area contributed by atoms with E-state index in [2.05, 4.69) is 19.2 Å². The molecule has 1 atom stereocenters. The molecule has 8 heteroatoms. The Morgan fingerprint density at radius 1 is 1.11 bits per heavy atom. The molecule has 1 aromatic rings. The predicted octanol–water partition coefficient (Wildman–Crippen LogP) is 2.32. The summed E-state index contributed by atoms with van der Waals surface area (Å²) < 4.78 is 5.04. The van der Waals surface area contributed by atoms with Crippen LogP contribution in [0.2, 0.25) is 0 Å². The summed E-state index contributed by atoms with van der Waals surface area (Å²) in [5, 5.41) is 2.76. The number of urea groups is 1. The van der Waals surface area contributed by atoms with Crippen LogP contribution in [0.25, 0.3) is 0 Å². The smallest absolute Gasteiger partial charge is 0.339 e. The van der Waals surface area contributed by atoms with E-state index in [1.165, 1.54) is 19.2 Å². The summed E-state index contributed by atoms with van der Waals surface area (Å²) in [5.74, 6) is -1.53. The number of unbranched alkanes of at least 4 members (excludes halogenated alkanes) is 1. The molecule has 0 saturated carbocycles. The molecule has 0 radical (unpaired) electrons. The molecule has 5 amide bonds. The number of carbonyl (C=O) groups excluding carboxylic acids is 4. The fraction of sp³-hybridized carbons (Fsp3) is 0.500. The fourth-order valence-corrected chi connectivity index (χ4v) is 3.00. The first kappa shape index (κ1) is 21.4. The fourth-order valence-electron chi connectivity index (χ4n) is 3.00. The summed E-state index contributed by atoms with van der Waals surface area (Å²) in [6, 6.07) is 5.35. The van der Waals surface area contributed by atoms with Crippen molar-refractivity contribution in [1.82, 2.24) is 10.2 Å². The van der Waals surface area contributed by atoms with Crippen LogP contribution in [0.1, 0.15) is 39.5 Å². The average Bonchev–Trinajstić information content (AvgIpc) is 2.91. The van der Waals surface area contributed by atoms with Crippen molar-refractivity contribution in [3.05, 3.63) is 24.3 Å². The Balaban J connectivity index is 1.99. The summed E-state index contributed by atoms with van der Waals surface area (Å²) in [7, 11) is 1.50. The summed E-state index contributed by atoms with van der Waals surface area (Å²) in [5.41, 5.74) is 0.248. The van der Waals surface area contributed by atoms with Gasteiger partial charge in [-0.1, -0.05) is 33.1 Å². The van der Waals surface area contributed by atoms with E-state index in [0.717, 1.165) is 30.6 Å². The molecule has 0 bridgehead atoms. The van der Waals surface area contributed by atoms with Crippen LogP contribution >= 0.6 is 0 Å². The van der Waals surface area contributed by atoms with E-state index in [1.807, 2.05) is 0 Å². The van der Waals surface area contributed by atoms with Crippen LogP contribution in [0, 0.1) is 5.92 Å². The van der Waals surface area contributed by atoms with E-state index in [0.29, 0.717) is 23.1 Å². The van der Waals surface area contributed by atoms with Gasteiger partial charge in [0.25, 0.3) is 0 Å². The largest absolute Gasteiger partial charge is 0.497 e. The van der Waals surface area contributed by atoms with Crippen LogP contribution < -0.4 is 15.0 Å². The van der Waals surface area contributed by atoms with Gasteiger partial charge < -0.3 is 10.1 Å². The SMILES string of the molecule is CCCC[C@H](CC)CNC(=O)CN1C(=O)C(=O)N(c2ccc(OC)cc2)C1=O. The van der Waals surface area contributed by atoms with Crippen molar-refractivity contribution >= 4 is 29.4 Å². The maximum absolute atomic E-state index is 12.6. The molecule has 152 valence electrons. The molecule has 1 saturated heterocycles. The highest BCUT2D eigenvalue weighted by atomic mass is 16.5. The van der Waals surface area contributed by atoms with Crippen molar-refractivity contribution < 1.29 is 23.9 Å². The van der Waals surface area contributed by atoms with E-state index >= 15 is 0 Å². The van der Waals surface area contributed by atoms with Crippen molar-refractivity contribution in [2.45, 2.75) is 39.5 Å². The molecule has 1 heterocycles. The van der Waals surface area contributed by atoms with Gasteiger partial charge in [0.05, 0.1) is 12.8 Å². The minimum atomic E-state index is -1.01. The third kappa shape index (κ3) is 4.88. The number of anilines is 1. The maximum atomic E-state index is 12.6. The molecule has 1 aromatic carbocycles.